The molecule has 1 aromatic heterocycles. The van der Waals surface area contributed by atoms with Crippen LogP contribution < -0.4 is 0 Å². The smallest absolute Gasteiger partial charge is 0.311 e. The van der Waals surface area contributed by atoms with Crippen molar-refractivity contribution in [2.75, 3.05) is 0 Å². The fraction of sp³-hybridized carbons (Fsp3) is 0.154. The van der Waals surface area contributed by atoms with Crippen LogP contribution in [0.15, 0.2) is 36.7 Å². The summed E-state index contributed by atoms with van der Waals surface area (Å²) in [5.74, 6) is -0.596. The van der Waals surface area contributed by atoms with Gasteiger partial charge in [-0.3, -0.25) is 4.79 Å². The summed E-state index contributed by atoms with van der Waals surface area (Å²) >= 11 is 0. The average Bonchev–Trinajstić information content (AvgIpc) is 2.30. The first-order chi connectivity index (χ1) is 8.15. The van der Waals surface area contributed by atoms with E-state index in [0.29, 0.717) is 5.82 Å². The summed E-state index contributed by atoms with van der Waals surface area (Å²) in [5, 5.41) is 8.60. The molecule has 1 heterocycles. The van der Waals surface area contributed by atoms with E-state index in [9.17, 15) is 4.79 Å². The quantitative estimate of drug-likeness (QED) is 0.873. The van der Waals surface area contributed by atoms with E-state index in [0.717, 1.165) is 11.1 Å². The Balaban J connectivity index is 2.23. The molecule has 1 aromatic carbocycles. The number of carbonyl (C=O) groups is 1. The molecule has 0 fully saturated rings. The largest absolute Gasteiger partial charge is 0.481 e. The monoisotopic (exact) mass is 228 g/mol. The number of carboxylic acids is 1. The number of hydrogen-bond donors (Lipinski definition) is 1. The zero-order valence-corrected chi connectivity index (χ0v) is 9.42. The Morgan fingerprint density at radius 3 is 2.24 bits per heavy atom. The van der Waals surface area contributed by atoms with Crippen molar-refractivity contribution in [2.45, 2.75) is 13.3 Å². The van der Waals surface area contributed by atoms with E-state index < -0.39 is 5.97 Å². The second-order valence-electron chi connectivity index (χ2n) is 3.82. The second kappa shape index (κ2) is 4.74. The second-order valence-corrected chi connectivity index (χ2v) is 3.82. The number of carboxylic acid groups (broad SMARTS) is 1. The maximum Gasteiger partial charge on any atom is 0.311 e. The van der Waals surface area contributed by atoms with Crippen molar-refractivity contribution >= 4 is 5.97 Å². The predicted octanol–water partition coefficient (Wildman–Crippen LogP) is 2.08. The number of aryl methyl sites for hydroxylation is 1. The summed E-state index contributed by atoms with van der Waals surface area (Å²) in [4.78, 5) is 18.5. The molecular weight excluding hydrogens is 216 g/mol. The molecule has 0 bridgehead atoms. The number of aromatic nitrogens is 2. The van der Waals surface area contributed by atoms with Crippen molar-refractivity contribution in [3.8, 4) is 11.1 Å². The molecular formula is C13H12N2O2. The highest BCUT2D eigenvalue weighted by Crippen LogP contribution is 2.17. The summed E-state index contributed by atoms with van der Waals surface area (Å²) in [6.45, 7) is 2.02. The maximum absolute atomic E-state index is 10.5. The molecule has 4 nitrogen and oxygen atoms in total. The van der Waals surface area contributed by atoms with Crippen LogP contribution in [0, 0.1) is 6.92 Å². The van der Waals surface area contributed by atoms with Crippen LogP contribution in [-0.2, 0) is 11.2 Å². The van der Waals surface area contributed by atoms with E-state index in [1.54, 1.807) is 12.4 Å². The average molecular weight is 228 g/mol. The van der Waals surface area contributed by atoms with Crippen molar-refractivity contribution in [1.29, 1.82) is 0 Å². The molecule has 0 unspecified atom stereocenters. The third-order valence-corrected chi connectivity index (χ3v) is 2.40. The molecule has 0 amide bonds. The zero-order valence-electron chi connectivity index (χ0n) is 9.42. The number of aliphatic carboxylic acids is 1. The maximum atomic E-state index is 10.5. The van der Waals surface area contributed by atoms with Crippen LogP contribution in [0.5, 0.6) is 0 Å². The molecule has 0 aliphatic heterocycles. The van der Waals surface area contributed by atoms with E-state index in [1.807, 2.05) is 31.2 Å². The Morgan fingerprint density at radius 2 is 1.71 bits per heavy atom. The lowest BCUT2D eigenvalue weighted by Gasteiger charge is -2.02. The van der Waals surface area contributed by atoms with Crippen LogP contribution in [0.1, 0.15) is 11.4 Å². The normalized spacial score (nSPS) is 10.2. The van der Waals surface area contributed by atoms with Gasteiger partial charge in [-0.25, -0.2) is 9.97 Å². The highest BCUT2D eigenvalue weighted by molar-refractivity contribution is 5.69. The van der Waals surface area contributed by atoms with Crippen LogP contribution in [-0.4, -0.2) is 21.0 Å². The third-order valence-electron chi connectivity index (χ3n) is 2.40. The molecule has 2 aromatic rings. The predicted molar refractivity (Wildman–Crippen MR) is 63.5 cm³/mol. The van der Waals surface area contributed by atoms with Gasteiger partial charge in [-0.15, -0.1) is 0 Å². The minimum absolute atomic E-state index is 0.145. The van der Waals surface area contributed by atoms with Crippen LogP contribution in [0.3, 0.4) is 0 Å². The summed E-state index contributed by atoms with van der Waals surface area (Å²) in [6.07, 6.45) is 3.15. The first-order valence-corrected chi connectivity index (χ1v) is 5.25. The fourth-order valence-corrected chi connectivity index (χ4v) is 1.48. The van der Waals surface area contributed by atoms with Crippen LogP contribution in [0.25, 0.3) is 11.1 Å². The lowest BCUT2D eigenvalue weighted by Crippen LogP contribution is -2.04. The molecule has 2 rings (SSSR count). The van der Waals surface area contributed by atoms with Gasteiger partial charge in [0.2, 0.25) is 0 Å². The number of benzene rings is 1. The highest BCUT2D eigenvalue weighted by Gasteiger charge is 2.04. The van der Waals surface area contributed by atoms with Gasteiger partial charge in [-0.2, -0.15) is 0 Å². The SMILES string of the molecule is Cc1ccc(-c2cnc(CC(=O)O)nc2)cc1. The van der Waals surface area contributed by atoms with E-state index in [4.69, 9.17) is 5.11 Å². The van der Waals surface area contributed by atoms with Gasteiger partial charge < -0.3 is 5.11 Å². The van der Waals surface area contributed by atoms with E-state index >= 15 is 0 Å². The minimum Gasteiger partial charge on any atom is -0.481 e. The molecule has 17 heavy (non-hydrogen) atoms. The van der Waals surface area contributed by atoms with Gasteiger partial charge in [0.05, 0.1) is 0 Å². The molecule has 0 spiro atoms. The summed E-state index contributed by atoms with van der Waals surface area (Å²) < 4.78 is 0. The van der Waals surface area contributed by atoms with Crippen LogP contribution >= 0.6 is 0 Å². The molecule has 0 saturated carbocycles. The van der Waals surface area contributed by atoms with Gasteiger partial charge in [0, 0.05) is 18.0 Å². The van der Waals surface area contributed by atoms with Gasteiger partial charge in [-0.1, -0.05) is 29.8 Å². The molecule has 1 N–H and O–H groups in total. The van der Waals surface area contributed by atoms with Crippen molar-refractivity contribution in [3.05, 3.63) is 48.0 Å². The summed E-state index contributed by atoms with van der Waals surface area (Å²) in [6, 6.07) is 8.01. The number of rotatable bonds is 3. The summed E-state index contributed by atoms with van der Waals surface area (Å²) in [7, 11) is 0. The van der Waals surface area contributed by atoms with E-state index in [2.05, 4.69) is 9.97 Å². The lowest BCUT2D eigenvalue weighted by molar-refractivity contribution is -0.136. The molecule has 86 valence electrons. The van der Waals surface area contributed by atoms with E-state index in [-0.39, 0.29) is 6.42 Å². The standard InChI is InChI=1S/C13H12N2O2/c1-9-2-4-10(5-3-9)11-7-14-12(15-8-11)6-13(16)17/h2-5,7-8H,6H2,1H3,(H,16,17). The van der Waals surface area contributed by atoms with Crippen molar-refractivity contribution in [2.24, 2.45) is 0 Å². The molecule has 0 saturated heterocycles. The van der Waals surface area contributed by atoms with Crippen LogP contribution in [0.2, 0.25) is 0 Å². The summed E-state index contributed by atoms with van der Waals surface area (Å²) in [5.41, 5.74) is 3.11. The molecule has 0 atom stereocenters. The zero-order chi connectivity index (χ0) is 12.3. The Bertz CT molecular complexity index is 518. The number of nitrogens with zero attached hydrogens (tertiary/aromatic N) is 2. The highest BCUT2D eigenvalue weighted by atomic mass is 16.4. The van der Waals surface area contributed by atoms with Crippen molar-refractivity contribution < 1.29 is 9.90 Å². The van der Waals surface area contributed by atoms with Gasteiger partial charge in [0.15, 0.2) is 0 Å². The molecule has 0 aliphatic carbocycles. The Labute approximate surface area is 99.0 Å². The van der Waals surface area contributed by atoms with Gasteiger partial charge >= 0.3 is 5.97 Å². The van der Waals surface area contributed by atoms with Crippen molar-refractivity contribution in [1.82, 2.24) is 9.97 Å². The minimum atomic E-state index is -0.923. The lowest BCUT2D eigenvalue weighted by atomic mass is 10.1. The van der Waals surface area contributed by atoms with Gasteiger partial charge in [-0.05, 0) is 12.5 Å². The Hall–Kier alpha value is -2.23. The third kappa shape index (κ3) is 2.87. The molecule has 0 aliphatic rings. The first kappa shape index (κ1) is 11.3. The Kier molecular flexibility index (Phi) is 3.14. The van der Waals surface area contributed by atoms with Gasteiger partial charge in [0.25, 0.3) is 0 Å². The van der Waals surface area contributed by atoms with Crippen molar-refractivity contribution in [3.63, 3.8) is 0 Å². The van der Waals surface area contributed by atoms with Gasteiger partial charge in [0.1, 0.15) is 12.2 Å². The fourth-order valence-electron chi connectivity index (χ4n) is 1.48. The Morgan fingerprint density at radius 1 is 1.12 bits per heavy atom. The van der Waals surface area contributed by atoms with E-state index in [1.165, 1.54) is 5.56 Å². The van der Waals surface area contributed by atoms with Crippen LogP contribution in [0.4, 0.5) is 0 Å². The first-order valence-electron chi connectivity index (χ1n) is 5.25. The molecule has 4 heteroatoms. The topological polar surface area (TPSA) is 63.1 Å². The number of hydrogen-bond acceptors (Lipinski definition) is 3. The molecule has 0 radical (unpaired) electrons.